The maximum atomic E-state index is 10.9. The summed E-state index contributed by atoms with van der Waals surface area (Å²) in [6, 6.07) is 6.57. The summed E-state index contributed by atoms with van der Waals surface area (Å²) in [7, 11) is 0. The van der Waals surface area contributed by atoms with Crippen molar-refractivity contribution in [3.8, 4) is 0 Å². The van der Waals surface area contributed by atoms with E-state index in [0.29, 0.717) is 21.6 Å². The molecule has 0 N–H and O–H groups in total. The number of halogens is 1. The van der Waals surface area contributed by atoms with Crippen LogP contribution in [0.2, 0.25) is 5.15 Å². The Hall–Kier alpha value is -1.68. The van der Waals surface area contributed by atoms with Gasteiger partial charge in [-0.05, 0) is 25.1 Å². The van der Waals surface area contributed by atoms with Crippen LogP contribution in [0.15, 0.2) is 24.3 Å². The van der Waals surface area contributed by atoms with Gasteiger partial charge in [-0.3, -0.25) is 10.1 Å². The van der Waals surface area contributed by atoms with Crippen molar-refractivity contribution in [2.24, 2.45) is 0 Å². The molecule has 0 saturated carbocycles. The fraction of sp³-hybridized carbons (Fsp3) is 0.100. The van der Waals surface area contributed by atoms with Gasteiger partial charge in [0.05, 0.1) is 15.8 Å². The molecule has 0 spiro atoms. The van der Waals surface area contributed by atoms with Crippen LogP contribution in [0, 0.1) is 17.0 Å². The lowest BCUT2D eigenvalue weighted by Gasteiger charge is -2.01. The summed E-state index contributed by atoms with van der Waals surface area (Å²) >= 11 is 5.71. The Morgan fingerprint density at radius 1 is 1.33 bits per heavy atom. The van der Waals surface area contributed by atoms with Gasteiger partial charge in [-0.2, -0.15) is 0 Å². The summed E-state index contributed by atoms with van der Waals surface area (Å²) < 4.78 is 0. The van der Waals surface area contributed by atoms with Crippen LogP contribution < -0.4 is 0 Å². The van der Waals surface area contributed by atoms with Gasteiger partial charge in [0.15, 0.2) is 0 Å². The molecule has 1 heterocycles. The van der Waals surface area contributed by atoms with E-state index in [0.717, 1.165) is 0 Å². The SMILES string of the molecule is Cc1ccc2nc(Cl)ccc2c1[N+](=O)[O-]. The van der Waals surface area contributed by atoms with Crippen molar-refractivity contribution in [3.63, 3.8) is 0 Å². The lowest BCUT2D eigenvalue weighted by atomic mass is 10.1. The lowest BCUT2D eigenvalue weighted by Crippen LogP contribution is -1.94. The minimum atomic E-state index is -0.396. The molecule has 0 bridgehead atoms. The molecular weight excluding hydrogens is 216 g/mol. The van der Waals surface area contributed by atoms with Gasteiger partial charge in [0, 0.05) is 5.56 Å². The van der Waals surface area contributed by atoms with Gasteiger partial charge in [0.1, 0.15) is 5.15 Å². The van der Waals surface area contributed by atoms with Gasteiger partial charge < -0.3 is 0 Å². The van der Waals surface area contributed by atoms with E-state index in [1.807, 2.05) is 0 Å². The highest BCUT2D eigenvalue weighted by atomic mass is 35.5. The number of hydrogen-bond acceptors (Lipinski definition) is 3. The molecule has 0 aliphatic rings. The van der Waals surface area contributed by atoms with Crippen LogP contribution in [-0.4, -0.2) is 9.91 Å². The van der Waals surface area contributed by atoms with E-state index < -0.39 is 4.92 Å². The fourth-order valence-corrected chi connectivity index (χ4v) is 1.67. The molecule has 0 unspecified atom stereocenters. The van der Waals surface area contributed by atoms with Crippen LogP contribution in [0.1, 0.15) is 5.56 Å². The summed E-state index contributed by atoms with van der Waals surface area (Å²) in [5.74, 6) is 0. The molecule has 1 aromatic carbocycles. The number of aromatic nitrogens is 1. The molecule has 0 fully saturated rings. The molecule has 1 aromatic heterocycles. The standard InChI is InChI=1S/C10H7ClN2O2/c1-6-2-4-8-7(10(6)13(14)15)3-5-9(11)12-8/h2-5H,1H3. The molecule has 2 aromatic rings. The number of nitrogens with zero attached hydrogens (tertiary/aromatic N) is 2. The highest BCUT2D eigenvalue weighted by molar-refractivity contribution is 6.29. The topological polar surface area (TPSA) is 56.0 Å². The number of hydrogen-bond donors (Lipinski definition) is 0. The largest absolute Gasteiger partial charge is 0.281 e. The third-order valence-corrected chi connectivity index (χ3v) is 2.40. The number of rotatable bonds is 1. The molecule has 5 heteroatoms. The predicted octanol–water partition coefficient (Wildman–Crippen LogP) is 3.10. The summed E-state index contributed by atoms with van der Waals surface area (Å²) in [4.78, 5) is 14.5. The second-order valence-electron chi connectivity index (χ2n) is 3.19. The highest BCUT2D eigenvalue weighted by Gasteiger charge is 2.15. The van der Waals surface area contributed by atoms with Gasteiger partial charge >= 0.3 is 0 Å². The zero-order valence-corrected chi connectivity index (χ0v) is 8.65. The van der Waals surface area contributed by atoms with Crippen molar-refractivity contribution in [1.29, 1.82) is 0 Å². The summed E-state index contributed by atoms with van der Waals surface area (Å²) in [5, 5.41) is 11.7. The number of fused-ring (bicyclic) bond motifs is 1. The molecule has 76 valence electrons. The molecule has 4 nitrogen and oxygen atoms in total. The Kier molecular flexibility index (Phi) is 2.28. The quantitative estimate of drug-likeness (QED) is 0.423. The van der Waals surface area contributed by atoms with Crippen molar-refractivity contribution < 1.29 is 4.92 Å². The summed E-state index contributed by atoms with van der Waals surface area (Å²) in [6.07, 6.45) is 0. The normalized spacial score (nSPS) is 10.5. The van der Waals surface area contributed by atoms with Crippen LogP contribution in [0.4, 0.5) is 5.69 Å². The summed E-state index contributed by atoms with van der Waals surface area (Å²) in [5.41, 5.74) is 1.26. The number of nitro benzene ring substituents is 1. The molecule has 0 aliphatic carbocycles. The predicted molar refractivity (Wildman–Crippen MR) is 58.1 cm³/mol. The van der Waals surface area contributed by atoms with Crippen LogP contribution in [0.3, 0.4) is 0 Å². The third-order valence-electron chi connectivity index (χ3n) is 2.19. The lowest BCUT2D eigenvalue weighted by molar-refractivity contribution is -0.383. The van der Waals surface area contributed by atoms with Crippen LogP contribution in [0.5, 0.6) is 0 Å². The molecule has 0 aliphatic heterocycles. The molecule has 0 radical (unpaired) electrons. The molecule has 0 saturated heterocycles. The van der Waals surface area contributed by atoms with Gasteiger partial charge in [0.2, 0.25) is 0 Å². The van der Waals surface area contributed by atoms with Crippen LogP contribution >= 0.6 is 11.6 Å². The van der Waals surface area contributed by atoms with Gasteiger partial charge in [0.25, 0.3) is 5.69 Å². The maximum Gasteiger partial charge on any atom is 0.281 e. The Morgan fingerprint density at radius 2 is 2.07 bits per heavy atom. The highest BCUT2D eigenvalue weighted by Crippen LogP contribution is 2.28. The average Bonchev–Trinajstić information content (AvgIpc) is 2.17. The van der Waals surface area contributed by atoms with E-state index in [4.69, 9.17) is 11.6 Å². The van der Waals surface area contributed by atoms with Crippen LogP contribution in [-0.2, 0) is 0 Å². The van der Waals surface area contributed by atoms with Crippen molar-refractivity contribution in [2.75, 3.05) is 0 Å². The molecule has 15 heavy (non-hydrogen) atoms. The first-order valence-corrected chi connectivity index (χ1v) is 4.67. The number of nitro groups is 1. The van der Waals surface area contributed by atoms with E-state index in [-0.39, 0.29) is 5.69 Å². The van der Waals surface area contributed by atoms with E-state index in [1.54, 1.807) is 31.2 Å². The Bertz CT molecular complexity index is 554. The third kappa shape index (κ3) is 1.64. The minimum absolute atomic E-state index is 0.0941. The Balaban J connectivity index is 2.88. The van der Waals surface area contributed by atoms with Gasteiger partial charge in [-0.1, -0.05) is 17.7 Å². The second kappa shape index (κ2) is 3.47. The van der Waals surface area contributed by atoms with Crippen molar-refractivity contribution in [2.45, 2.75) is 6.92 Å². The molecular formula is C10H7ClN2O2. The molecule has 0 amide bonds. The maximum absolute atomic E-state index is 10.9. The van der Waals surface area contributed by atoms with E-state index in [9.17, 15) is 10.1 Å². The zero-order chi connectivity index (χ0) is 11.0. The van der Waals surface area contributed by atoms with E-state index in [1.165, 1.54) is 0 Å². The summed E-state index contributed by atoms with van der Waals surface area (Å²) in [6.45, 7) is 1.70. The smallest absolute Gasteiger partial charge is 0.258 e. The monoisotopic (exact) mass is 222 g/mol. The number of pyridine rings is 1. The van der Waals surface area contributed by atoms with Crippen molar-refractivity contribution in [1.82, 2.24) is 4.98 Å². The Labute approximate surface area is 90.7 Å². The van der Waals surface area contributed by atoms with Crippen molar-refractivity contribution >= 4 is 28.2 Å². The first-order chi connectivity index (χ1) is 7.09. The molecule has 2 rings (SSSR count). The number of benzene rings is 1. The molecule has 0 atom stereocenters. The first kappa shape index (κ1) is 9.86. The van der Waals surface area contributed by atoms with Gasteiger partial charge in [-0.15, -0.1) is 0 Å². The fourth-order valence-electron chi connectivity index (χ4n) is 1.51. The zero-order valence-electron chi connectivity index (χ0n) is 7.90. The average molecular weight is 223 g/mol. The number of aryl methyl sites for hydroxylation is 1. The van der Waals surface area contributed by atoms with E-state index in [2.05, 4.69) is 4.98 Å². The second-order valence-corrected chi connectivity index (χ2v) is 3.58. The van der Waals surface area contributed by atoms with Crippen molar-refractivity contribution in [3.05, 3.63) is 45.1 Å². The van der Waals surface area contributed by atoms with Gasteiger partial charge in [-0.25, -0.2) is 4.98 Å². The minimum Gasteiger partial charge on any atom is -0.258 e. The Morgan fingerprint density at radius 3 is 2.73 bits per heavy atom. The first-order valence-electron chi connectivity index (χ1n) is 4.30. The van der Waals surface area contributed by atoms with E-state index >= 15 is 0 Å². The van der Waals surface area contributed by atoms with Crippen LogP contribution in [0.25, 0.3) is 10.9 Å².